The number of ether oxygens (including phenoxy) is 1. The van der Waals surface area contributed by atoms with Crippen LogP contribution in [0.25, 0.3) is 5.65 Å². The van der Waals surface area contributed by atoms with Gasteiger partial charge >= 0.3 is 0 Å². The molecule has 4 rings (SSSR count). The topological polar surface area (TPSA) is 128 Å². The third-order valence-electron chi connectivity index (χ3n) is 4.44. The van der Waals surface area contributed by atoms with Gasteiger partial charge in [-0.25, -0.2) is 28.1 Å². The van der Waals surface area contributed by atoms with E-state index in [0.717, 1.165) is 0 Å². The minimum absolute atomic E-state index is 0.00803. The second-order valence-electron chi connectivity index (χ2n) is 6.47. The summed E-state index contributed by atoms with van der Waals surface area (Å²) in [6, 6.07) is 10.9. The second kappa shape index (κ2) is 8.03. The van der Waals surface area contributed by atoms with Crippen LogP contribution < -0.4 is 14.8 Å². The molecule has 31 heavy (non-hydrogen) atoms. The molecule has 0 saturated carbocycles. The van der Waals surface area contributed by atoms with Gasteiger partial charge < -0.3 is 10.1 Å². The molecule has 0 atom stereocenters. The highest BCUT2D eigenvalue weighted by Crippen LogP contribution is 2.23. The van der Waals surface area contributed by atoms with Gasteiger partial charge in [0.1, 0.15) is 5.69 Å². The summed E-state index contributed by atoms with van der Waals surface area (Å²) >= 11 is 0. The van der Waals surface area contributed by atoms with Gasteiger partial charge in [0.15, 0.2) is 11.4 Å². The molecule has 3 heterocycles. The Morgan fingerprint density at radius 2 is 1.77 bits per heavy atom. The predicted octanol–water partition coefficient (Wildman–Crippen LogP) is 2.49. The maximum atomic E-state index is 12.9. The average molecular weight is 438 g/mol. The highest BCUT2D eigenvalue weighted by molar-refractivity contribution is 7.92. The number of fused-ring (bicyclic) bond motifs is 1. The molecule has 0 saturated heterocycles. The summed E-state index contributed by atoms with van der Waals surface area (Å²) in [5.41, 5.74) is 1.85. The normalized spacial score (nSPS) is 11.3. The molecule has 0 spiro atoms. The zero-order valence-electron chi connectivity index (χ0n) is 16.6. The number of methoxy groups -OCH3 is 1. The molecular formula is C20H18N6O4S. The highest BCUT2D eigenvalue weighted by Gasteiger charge is 2.20. The van der Waals surface area contributed by atoms with Crippen LogP contribution in [0, 0.1) is 6.92 Å². The zero-order valence-corrected chi connectivity index (χ0v) is 17.4. The largest absolute Gasteiger partial charge is 0.493 e. The number of carbonyl (C=O) groups is 1. The lowest BCUT2D eigenvalue weighted by atomic mass is 10.3. The molecule has 158 valence electrons. The summed E-state index contributed by atoms with van der Waals surface area (Å²) in [7, 11) is -2.33. The number of nitrogens with zero attached hydrogens (tertiary/aromatic N) is 4. The van der Waals surface area contributed by atoms with E-state index in [1.807, 2.05) is 0 Å². The molecule has 0 fully saturated rings. The fourth-order valence-corrected chi connectivity index (χ4v) is 3.99. The first kappa shape index (κ1) is 20.3. The van der Waals surface area contributed by atoms with Crippen LogP contribution in [-0.4, -0.2) is 40.8 Å². The molecule has 10 nitrogen and oxygen atoms in total. The Morgan fingerprint density at radius 3 is 2.45 bits per heavy atom. The van der Waals surface area contributed by atoms with Crippen molar-refractivity contribution in [2.24, 2.45) is 0 Å². The molecule has 0 aliphatic rings. The van der Waals surface area contributed by atoms with Crippen LogP contribution in [0.2, 0.25) is 0 Å². The maximum absolute atomic E-state index is 12.9. The van der Waals surface area contributed by atoms with Crippen molar-refractivity contribution in [1.82, 2.24) is 19.4 Å². The Hall–Kier alpha value is -3.99. The van der Waals surface area contributed by atoms with Gasteiger partial charge in [-0.05, 0) is 49.4 Å². The Morgan fingerprint density at radius 1 is 1.06 bits per heavy atom. The van der Waals surface area contributed by atoms with Crippen LogP contribution >= 0.6 is 0 Å². The summed E-state index contributed by atoms with van der Waals surface area (Å²) in [5.74, 6) is 0.136. The lowest BCUT2D eigenvalue weighted by molar-refractivity contribution is 0.102. The van der Waals surface area contributed by atoms with Crippen molar-refractivity contribution in [3.05, 3.63) is 72.4 Å². The van der Waals surface area contributed by atoms with E-state index in [2.05, 4.69) is 25.0 Å². The number of nitrogens with one attached hydrogen (secondary N) is 2. The fourth-order valence-electron chi connectivity index (χ4n) is 3.03. The zero-order chi connectivity index (χ0) is 22.0. The summed E-state index contributed by atoms with van der Waals surface area (Å²) in [5, 5.41) is 2.76. The Bertz CT molecular complexity index is 1350. The van der Waals surface area contributed by atoms with Crippen LogP contribution in [0.15, 0.2) is 66.0 Å². The third-order valence-corrected chi connectivity index (χ3v) is 5.78. The molecule has 4 aromatic rings. The van der Waals surface area contributed by atoms with Crippen LogP contribution in [0.5, 0.6) is 5.75 Å². The summed E-state index contributed by atoms with van der Waals surface area (Å²) in [6.07, 6.45) is 4.59. The Balaban J connectivity index is 1.55. The SMILES string of the molecule is COc1cccn2c(C(=O)Nc3ccc(S(=O)(=O)Nc4ncccn4)cc3)c(C)nc12. The predicted molar refractivity (Wildman–Crippen MR) is 114 cm³/mol. The molecule has 0 bridgehead atoms. The van der Waals surface area contributed by atoms with E-state index in [-0.39, 0.29) is 16.8 Å². The number of aromatic nitrogens is 4. The number of aryl methyl sites for hydroxylation is 1. The van der Waals surface area contributed by atoms with Gasteiger partial charge in [-0.1, -0.05) is 0 Å². The standard InChI is InChI=1S/C20H18N6O4S/c1-13-17(26-12-3-5-16(30-2)18(26)23-13)19(27)24-14-6-8-15(9-7-14)31(28,29)25-20-21-10-4-11-22-20/h3-12H,1-2H3,(H,24,27)(H,21,22,25). The molecule has 2 N–H and O–H groups in total. The first-order valence-corrected chi connectivity index (χ1v) is 10.6. The number of hydrogen-bond donors (Lipinski definition) is 2. The first-order valence-electron chi connectivity index (χ1n) is 9.12. The van der Waals surface area contributed by atoms with Gasteiger partial charge in [-0.15, -0.1) is 0 Å². The van der Waals surface area contributed by atoms with E-state index in [4.69, 9.17) is 4.74 Å². The Kier molecular flexibility index (Phi) is 5.26. The van der Waals surface area contributed by atoms with E-state index in [1.165, 1.54) is 43.8 Å². The van der Waals surface area contributed by atoms with Crippen molar-refractivity contribution in [3.8, 4) is 5.75 Å². The number of benzene rings is 1. The number of pyridine rings is 1. The van der Waals surface area contributed by atoms with Crippen LogP contribution in [0.3, 0.4) is 0 Å². The van der Waals surface area contributed by atoms with Crippen LogP contribution in [-0.2, 0) is 10.0 Å². The Labute approximate surface area is 178 Å². The smallest absolute Gasteiger partial charge is 0.274 e. The minimum atomic E-state index is -3.86. The van der Waals surface area contributed by atoms with Gasteiger partial charge in [0, 0.05) is 24.3 Å². The molecule has 1 amide bonds. The van der Waals surface area contributed by atoms with E-state index in [9.17, 15) is 13.2 Å². The molecule has 1 aromatic carbocycles. The molecule has 3 aromatic heterocycles. The number of hydrogen-bond acceptors (Lipinski definition) is 7. The maximum Gasteiger partial charge on any atom is 0.274 e. The van der Waals surface area contributed by atoms with Crippen molar-refractivity contribution in [2.45, 2.75) is 11.8 Å². The van der Waals surface area contributed by atoms with E-state index >= 15 is 0 Å². The number of amides is 1. The second-order valence-corrected chi connectivity index (χ2v) is 8.15. The van der Waals surface area contributed by atoms with Crippen molar-refractivity contribution in [3.63, 3.8) is 0 Å². The molecule has 0 unspecified atom stereocenters. The molecule has 0 radical (unpaired) electrons. The van der Waals surface area contributed by atoms with Gasteiger partial charge in [-0.2, -0.15) is 0 Å². The first-order chi connectivity index (χ1) is 14.9. The summed E-state index contributed by atoms with van der Waals surface area (Å²) in [4.78, 5) is 25.0. The van der Waals surface area contributed by atoms with Gasteiger partial charge in [0.2, 0.25) is 5.95 Å². The van der Waals surface area contributed by atoms with Gasteiger partial charge in [0.05, 0.1) is 17.7 Å². The monoisotopic (exact) mass is 438 g/mol. The van der Waals surface area contributed by atoms with Crippen molar-refractivity contribution in [2.75, 3.05) is 17.1 Å². The number of anilines is 2. The van der Waals surface area contributed by atoms with E-state index in [0.29, 0.717) is 28.5 Å². The molecule has 0 aliphatic carbocycles. The van der Waals surface area contributed by atoms with Crippen molar-refractivity contribution < 1.29 is 17.9 Å². The van der Waals surface area contributed by atoms with E-state index < -0.39 is 10.0 Å². The van der Waals surface area contributed by atoms with Crippen molar-refractivity contribution >= 4 is 33.2 Å². The minimum Gasteiger partial charge on any atom is -0.493 e. The number of rotatable bonds is 6. The molecule has 11 heteroatoms. The lowest BCUT2D eigenvalue weighted by Crippen LogP contribution is -2.16. The average Bonchev–Trinajstić information content (AvgIpc) is 3.10. The quantitative estimate of drug-likeness (QED) is 0.473. The van der Waals surface area contributed by atoms with Gasteiger partial charge in [-0.3, -0.25) is 9.20 Å². The highest BCUT2D eigenvalue weighted by atomic mass is 32.2. The van der Waals surface area contributed by atoms with Crippen molar-refractivity contribution in [1.29, 1.82) is 0 Å². The lowest BCUT2D eigenvalue weighted by Gasteiger charge is -2.09. The fraction of sp³-hybridized carbons (Fsp3) is 0.100. The number of sulfonamides is 1. The van der Waals surface area contributed by atoms with E-state index in [1.54, 1.807) is 35.7 Å². The number of imidazole rings is 1. The molecule has 0 aliphatic heterocycles. The molecular weight excluding hydrogens is 420 g/mol. The third kappa shape index (κ3) is 4.03. The summed E-state index contributed by atoms with van der Waals surface area (Å²) < 4.78 is 34.2. The van der Waals surface area contributed by atoms with Crippen LogP contribution in [0.1, 0.15) is 16.2 Å². The van der Waals surface area contributed by atoms with Gasteiger partial charge in [0.25, 0.3) is 15.9 Å². The number of carbonyl (C=O) groups excluding carboxylic acids is 1. The summed E-state index contributed by atoms with van der Waals surface area (Å²) in [6.45, 7) is 1.73. The van der Waals surface area contributed by atoms with Crippen LogP contribution in [0.4, 0.5) is 11.6 Å².